The summed E-state index contributed by atoms with van der Waals surface area (Å²) in [5, 5.41) is 3.03. The quantitative estimate of drug-likeness (QED) is 0.847. The molecule has 2 rings (SSSR count). The standard InChI is InChI=1S/C13H20N2O3S/c1-9(2)18-13-5-4-12(6-10(13)3)19(16,17)15-11-7-14-8-11/h4-6,9,11,14-15H,7-8H2,1-3H3. The lowest BCUT2D eigenvalue weighted by atomic mass is 10.2. The maximum Gasteiger partial charge on any atom is 0.240 e. The van der Waals surface area contributed by atoms with Crippen LogP contribution in [0.15, 0.2) is 23.1 Å². The Hall–Kier alpha value is -1.11. The van der Waals surface area contributed by atoms with Crippen LogP contribution in [0.25, 0.3) is 0 Å². The second-order valence-electron chi connectivity index (χ2n) is 5.07. The first-order valence-electron chi connectivity index (χ1n) is 6.39. The van der Waals surface area contributed by atoms with E-state index in [1.54, 1.807) is 18.2 Å². The van der Waals surface area contributed by atoms with Gasteiger partial charge in [-0.2, -0.15) is 0 Å². The van der Waals surface area contributed by atoms with Gasteiger partial charge in [0.2, 0.25) is 10.0 Å². The summed E-state index contributed by atoms with van der Waals surface area (Å²) in [6.45, 7) is 7.10. The molecule has 0 radical (unpaired) electrons. The number of nitrogens with one attached hydrogen (secondary N) is 2. The molecular formula is C13H20N2O3S. The molecule has 0 spiro atoms. The van der Waals surface area contributed by atoms with Crippen LogP contribution in [0.5, 0.6) is 5.75 Å². The van der Waals surface area contributed by atoms with Gasteiger partial charge < -0.3 is 10.1 Å². The number of ether oxygens (including phenoxy) is 1. The molecule has 0 bridgehead atoms. The highest BCUT2D eigenvalue weighted by Gasteiger charge is 2.24. The second kappa shape index (κ2) is 5.48. The summed E-state index contributed by atoms with van der Waals surface area (Å²) in [5.74, 6) is 0.722. The van der Waals surface area contributed by atoms with E-state index in [9.17, 15) is 8.42 Å². The van der Waals surface area contributed by atoms with Crippen LogP contribution in [0.3, 0.4) is 0 Å². The van der Waals surface area contributed by atoms with Crippen molar-refractivity contribution in [2.75, 3.05) is 13.1 Å². The smallest absolute Gasteiger partial charge is 0.240 e. The van der Waals surface area contributed by atoms with Crippen molar-refractivity contribution in [1.29, 1.82) is 0 Å². The number of rotatable bonds is 5. The molecule has 1 aromatic carbocycles. The van der Waals surface area contributed by atoms with Crippen LogP contribution in [0, 0.1) is 6.92 Å². The normalized spacial score (nSPS) is 16.4. The predicted octanol–water partition coefficient (Wildman–Crippen LogP) is 1.03. The van der Waals surface area contributed by atoms with Gasteiger partial charge in [-0.15, -0.1) is 0 Å². The fourth-order valence-electron chi connectivity index (χ4n) is 1.83. The summed E-state index contributed by atoms with van der Waals surface area (Å²) >= 11 is 0. The molecule has 1 aromatic rings. The SMILES string of the molecule is Cc1cc(S(=O)(=O)NC2CNC2)ccc1OC(C)C. The first-order valence-corrected chi connectivity index (χ1v) is 7.87. The Morgan fingerprint density at radius 3 is 2.53 bits per heavy atom. The first kappa shape index (κ1) is 14.3. The summed E-state index contributed by atoms with van der Waals surface area (Å²) in [4.78, 5) is 0.285. The van der Waals surface area contributed by atoms with Crippen molar-refractivity contribution < 1.29 is 13.2 Å². The molecule has 106 valence electrons. The van der Waals surface area contributed by atoms with E-state index in [0.29, 0.717) is 13.1 Å². The molecule has 5 nitrogen and oxygen atoms in total. The fraction of sp³-hybridized carbons (Fsp3) is 0.538. The van der Waals surface area contributed by atoms with Crippen LogP contribution in [-0.4, -0.2) is 33.7 Å². The Kier molecular flexibility index (Phi) is 4.13. The zero-order valence-corrected chi connectivity index (χ0v) is 12.3. The maximum atomic E-state index is 12.1. The summed E-state index contributed by atoms with van der Waals surface area (Å²) in [5.41, 5.74) is 0.823. The zero-order valence-electron chi connectivity index (χ0n) is 11.4. The molecule has 0 aromatic heterocycles. The number of benzene rings is 1. The molecule has 1 aliphatic heterocycles. The van der Waals surface area contributed by atoms with Gasteiger partial charge in [-0.25, -0.2) is 13.1 Å². The van der Waals surface area contributed by atoms with Crippen molar-refractivity contribution in [3.05, 3.63) is 23.8 Å². The minimum atomic E-state index is -3.43. The maximum absolute atomic E-state index is 12.1. The van der Waals surface area contributed by atoms with Crippen LogP contribution in [-0.2, 0) is 10.0 Å². The van der Waals surface area contributed by atoms with Crippen molar-refractivity contribution in [1.82, 2.24) is 10.0 Å². The van der Waals surface area contributed by atoms with Crippen molar-refractivity contribution in [3.63, 3.8) is 0 Å². The Labute approximate surface area is 114 Å². The van der Waals surface area contributed by atoms with E-state index in [4.69, 9.17) is 4.74 Å². The van der Waals surface area contributed by atoms with E-state index in [1.165, 1.54) is 0 Å². The minimum Gasteiger partial charge on any atom is -0.491 e. The molecular weight excluding hydrogens is 264 g/mol. The second-order valence-corrected chi connectivity index (χ2v) is 6.78. The predicted molar refractivity (Wildman–Crippen MR) is 73.9 cm³/mol. The molecule has 0 aliphatic carbocycles. The van der Waals surface area contributed by atoms with E-state index in [0.717, 1.165) is 11.3 Å². The molecule has 1 fully saturated rings. The average molecular weight is 284 g/mol. The van der Waals surface area contributed by atoms with E-state index in [2.05, 4.69) is 10.0 Å². The minimum absolute atomic E-state index is 0.00287. The molecule has 0 saturated carbocycles. The molecule has 1 aliphatic rings. The lowest BCUT2D eigenvalue weighted by Gasteiger charge is -2.27. The van der Waals surface area contributed by atoms with Crippen molar-refractivity contribution >= 4 is 10.0 Å². The van der Waals surface area contributed by atoms with E-state index in [1.807, 2.05) is 20.8 Å². The summed E-state index contributed by atoms with van der Waals surface area (Å²) in [6, 6.07) is 4.94. The highest BCUT2D eigenvalue weighted by Crippen LogP contribution is 2.23. The van der Waals surface area contributed by atoms with Crippen LogP contribution in [0.2, 0.25) is 0 Å². The number of aryl methyl sites for hydroxylation is 1. The Balaban J connectivity index is 2.18. The zero-order chi connectivity index (χ0) is 14.0. The van der Waals surface area contributed by atoms with E-state index < -0.39 is 10.0 Å². The summed E-state index contributed by atoms with van der Waals surface area (Å²) in [6.07, 6.45) is 0.0698. The van der Waals surface area contributed by atoms with Gasteiger partial charge in [0.1, 0.15) is 5.75 Å². The van der Waals surface area contributed by atoms with E-state index >= 15 is 0 Å². The Morgan fingerprint density at radius 2 is 2.05 bits per heavy atom. The largest absolute Gasteiger partial charge is 0.491 e. The van der Waals surface area contributed by atoms with Gasteiger partial charge >= 0.3 is 0 Å². The Morgan fingerprint density at radius 1 is 1.37 bits per heavy atom. The van der Waals surface area contributed by atoms with Crippen molar-refractivity contribution in [2.24, 2.45) is 0 Å². The van der Waals surface area contributed by atoms with Crippen LogP contribution < -0.4 is 14.8 Å². The molecule has 1 heterocycles. The van der Waals surface area contributed by atoms with Gasteiger partial charge in [-0.1, -0.05) is 0 Å². The lowest BCUT2D eigenvalue weighted by Crippen LogP contribution is -2.56. The third-order valence-corrected chi connectivity index (χ3v) is 4.44. The van der Waals surface area contributed by atoms with Crippen LogP contribution in [0.1, 0.15) is 19.4 Å². The van der Waals surface area contributed by atoms with Crippen molar-refractivity contribution in [3.8, 4) is 5.75 Å². The molecule has 0 atom stereocenters. The number of sulfonamides is 1. The average Bonchev–Trinajstić information content (AvgIpc) is 2.26. The topological polar surface area (TPSA) is 67.4 Å². The highest BCUT2D eigenvalue weighted by molar-refractivity contribution is 7.89. The van der Waals surface area contributed by atoms with Crippen molar-refractivity contribution in [2.45, 2.75) is 37.8 Å². The van der Waals surface area contributed by atoms with E-state index in [-0.39, 0.29) is 17.0 Å². The molecule has 19 heavy (non-hydrogen) atoms. The van der Waals surface area contributed by atoms with Crippen LogP contribution >= 0.6 is 0 Å². The van der Waals surface area contributed by atoms with Crippen LogP contribution in [0.4, 0.5) is 0 Å². The third kappa shape index (κ3) is 3.46. The fourth-order valence-corrected chi connectivity index (χ4v) is 3.16. The number of hydrogen-bond donors (Lipinski definition) is 2. The molecule has 2 N–H and O–H groups in total. The molecule has 0 amide bonds. The number of hydrogen-bond acceptors (Lipinski definition) is 4. The Bertz CT molecular complexity index is 551. The van der Waals surface area contributed by atoms with Gasteiger partial charge in [0.05, 0.1) is 11.0 Å². The lowest BCUT2D eigenvalue weighted by molar-refractivity contribution is 0.240. The molecule has 0 unspecified atom stereocenters. The summed E-state index contributed by atoms with van der Waals surface area (Å²) < 4.78 is 32.5. The van der Waals surface area contributed by atoms with Gasteiger partial charge in [0, 0.05) is 19.1 Å². The first-order chi connectivity index (χ1) is 8.88. The molecule has 1 saturated heterocycles. The monoisotopic (exact) mass is 284 g/mol. The highest BCUT2D eigenvalue weighted by atomic mass is 32.2. The third-order valence-electron chi connectivity index (χ3n) is 2.92. The molecule has 6 heteroatoms. The van der Waals surface area contributed by atoms with Gasteiger partial charge in [0.25, 0.3) is 0 Å². The van der Waals surface area contributed by atoms with Gasteiger partial charge in [-0.05, 0) is 44.5 Å². The van der Waals surface area contributed by atoms with Gasteiger partial charge in [-0.3, -0.25) is 0 Å². The van der Waals surface area contributed by atoms with Gasteiger partial charge in [0.15, 0.2) is 0 Å². The summed E-state index contributed by atoms with van der Waals surface area (Å²) in [7, 11) is -3.43.